The Morgan fingerprint density at radius 2 is 2.12 bits per heavy atom. The summed E-state index contributed by atoms with van der Waals surface area (Å²) in [6.45, 7) is 8.92. The highest BCUT2D eigenvalue weighted by Gasteiger charge is 2.32. The quantitative estimate of drug-likeness (QED) is 0.900. The number of carbonyl (C=O) groups is 1. The molecule has 0 spiro atoms. The van der Waals surface area contributed by atoms with Crippen molar-refractivity contribution in [1.29, 1.82) is 0 Å². The van der Waals surface area contributed by atoms with Gasteiger partial charge in [-0.2, -0.15) is 0 Å². The zero-order valence-corrected chi connectivity index (χ0v) is 11.4. The summed E-state index contributed by atoms with van der Waals surface area (Å²) in [5.74, 6) is -0.820. The van der Waals surface area contributed by atoms with Crippen molar-refractivity contribution in [1.82, 2.24) is 4.90 Å². The fourth-order valence-electron chi connectivity index (χ4n) is 1.94. The van der Waals surface area contributed by atoms with Crippen LogP contribution in [-0.2, 0) is 16.8 Å². The molecular weight excluding hydrogens is 234 g/mol. The lowest BCUT2D eigenvalue weighted by Crippen LogP contribution is -2.49. The number of carboxylic acids is 1. The largest absolute Gasteiger partial charge is 0.481 e. The van der Waals surface area contributed by atoms with Crippen LogP contribution < -0.4 is 0 Å². The molecule has 0 bridgehead atoms. The van der Waals surface area contributed by atoms with Crippen LogP contribution in [0, 0.1) is 5.92 Å². The van der Waals surface area contributed by atoms with E-state index in [1.165, 1.54) is 9.75 Å². The van der Waals surface area contributed by atoms with Crippen LogP contribution in [0.3, 0.4) is 0 Å². The van der Waals surface area contributed by atoms with Crippen LogP contribution in [0.4, 0.5) is 0 Å². The Balaban J connectivity index is 1.89. The van der Waals surface area contributed by atoms with Gasteiger partial charge in [0.1, 0.15) is 0 Å². The Labute approximate surface area is 106 Å². The molecule has 0 radical (unpaired) electrons. The maximum Gasteiger partial charge on any atom is 0.309 e. The van der Waals surface area contributed by atoms with Crippen LogP contribution in [0.2, 0.25) is 0 Å². The molecule has 0 saturated carbocycles. The molecule has 1 saturated heterocycles. The summed E-state index contributed by atoms with van der Waals surface area (Å²) >= 11 is 1.84. The Hall–Kier alpha value is -0.870. The van der Waals surface area contributed by atoms with Crippen molar-refractivity contribution < 1.29 is 9.90 Å². The third kappa shape index (κ3) is 2.87. The summed E-state index contributed by atoms with van der Waals surface area (Å²) in [5.41, 5.74) is 0.210. The van der Waals surface area contributed by atoms with E-state index in [9.17, 15) is 4.79 Å². The minimum absolute atomic E-state index is 0.156. The monoisotopic (exact) mass is 253 g/mol. The molecule has 1 fully saturated rings. The molecule has 94 valence electrons. The molecule has 0 unspecified atom stereocenters. The van der Waals surface area contributed by atoms with E-state index in [1.807, 2.05) is 11.3 Å². The minimum atomic E-state index is -0.664. The molecule has 4 heteroatoms. The highest BCUT2D eigenvalue weighted by Crippen LogP contribution is 2.31. The number of hydrogen-bond acceptors (Lipinski definition) is 3. The van der Waals surface area contributed by atoms with Gasteiger partial charge in [0.2, 0.25) is 0 Å². The fraction of sp³-hybridized carbons (Fsp3) is 0.615. The third-order valence-electron chi connectivity index (χ3n) is 3.09. The molecule has 3 nitrogen and oxygen atoms in total. The smallest absolute Gasteiger partial charge is 0.309 e. The number of thiophene rings is 1. The van der Waals surface area contributed by atoms with Crippen molar-refractivity contribution in [3.05, 3.63) is 21.9 Å². The molecule has 17 heavy (non-hydrogen) atoms. The Morgan fingerprint density at radius 1 is 1.47 bits per heavy atom. The lowest BCUT2D eigenvalue weighted by Gasteiger charge is -2.36. The predicted octanol–water partition coefficient (Wildman–Crippen LogP) is 2.56. The number of likely N-dealkylation sites (tertiary alicyclic amines) is 1. The van der Waals surface area contributed by atoms with Gasteiger partial charge in [-0.25, -0.2) is 0 Å². The SMILES string of the molecule is CC(C)(C)c1ccc(CN2CC(C(=O)O)C2)s1. The molecule has 1 N–H and O–H groups in total. The number of hydrogen-bond donors (Lipinski definition) is 1. The van der Waals surface area contributed by atoms with E-state index >= 15 is 0 Å². The van der Waals surface area contributed by atoms with Crippen molar-refractivity contribution in [2.24, 2.45) is 5.92 Å². The average Bonchev–Trinajstić information content (AvgIpc) is 2.57. The van der Waals surface area contributed by atoms with E-state index in [-0.39, 0.29) is 11.3 Å². The van der Waals surface area contributed by atoms with E-state index in [2.05, 4.69) is 37.8 Å². The molecule has 1 aliphatic heterocycles. The molecule has 2 heterocycles. The number of carboxylic acid groups (broad SMARTS) is 1. The van der Waals surface area contributed by atoms with Gasteiger partial charge in [0.05, 0.1) is 5.92 Å². The van der Waals surface area contributed by atoms with Gasteiger partial charge in [-0.3, -0.25) is 9.69 Å². The van der Waals surface area contributed by atoms with Crippen LogP contribution in [0.1, 0.15) is 30.5 Å². The molecule has 0 aromatic carbocycles. The molecule has 0 atom stereocenters. The van der Waals surface area contributed by atoms with Gasteiger partial charge in [-0.05, 0) is 17.5 Å². The van der Waals surface area contributed by atoms with E-state index in [0.717, 1.165) is 6.54 Å². The standard InChI is InChI=1S/C13H19NO2S/c1-13(2,3)11-5-4-10(17-11)8-14-6-9(7-14)12(15)16/h4-5,9H,6-8H2,1-3H3,(H,15,16). The third-order valence-corrected chi connectivity index (χ3v) is 4.58. The fourth-order valence-corrected chi connectivity index (χ4v) is 3.05. The summed E-state index contributed by atoms with van der Waals surface area (Å²) in [4.78, 5) is 15.6. The molecule has 0 amide bonds. The molecule has 1 aromatic heterocycles. The van der Waals surface area contributed by atoms with Gasteiger partial charge in [0, 0.05) is 29.4 Å². The lowest BCUT2D eigenvalue weighted by atomic mass is 9.95. The maximum absolute atomic E-state index is 10.7. The van der Waals surface area contributed by atoms with E-state index in [1.54, 1.807) is 0 Å². The summed E-state index contributed by atoms with van der Waals surface area (Å²) < 4.78 is 0. The second kappa shape index (κ2) is 4.42. The van der Waals surface area contributed by atoms with Crippen LogP contribution in [-0.4, -0.2) is 29.1 Å². The second-order valence-corrected chi connectivity index (χ2v) is 6.91. The Kier molecular flexibility index (Phi) is 3.27. The molecule has 1 aliphatic rings. The van der Waals surface area contributed by atoms with Crippen LogP contribution in [0.15, 0.2) is 12.1 Å². The molecular formula is C13H19NO2S. The topological polar surface area (TPSA) is 40.5 Å². The highest BCUT2D eigenvalue weighted by atomic mass is 32.1. The first-order valence-electron chi connectivity index (χ1n) is 5.90. The maximum atomic E-state index is 10.7. The van der Waals surface area contributed by atoms with Gasteiger partial charge < -0.3 is 5.11 Å². The van der Waals surface area contributed by atoms with Crippen molar-refractivity contribution >= 4 is 17.3 Å². The average molecular weight is 253 g/mol. The van der Waals surface area contributed by atoms with Gasteiger partial charge in [0.15, 0.2) is 0 Å². The van der Waals surface area contributed by atoms with E-state index < -0.39 is 5.97 Å². The summed E-state index contributed by atoms with van der Waals surface area (Å²) in [7, 11) is 0. The molecule has 0 aliphatic carbocycles. The van der Waals surface area contributed by atoms with Crippen molar-refractivity contribution in [3.8, 4) is 0 Å². The number of rotatable bonds is 3. The Morgan fingerprint density at radius 3 is 2.59 bits per heavy atom. The first kappa shape index (κ1) is 12.6. The zero-order valence-electron chi connectivity index (χ0n) is 10.6. The first-order valence-corrected chi connectivity index (χ1v) is 6.72. The zero-order chi connectivity index (χ0) is 12.6. The molecule has 1 aromatic rings. The minimum Gasteiger partial charge on any atom is -0.481 e. The van der Waals surface area contributed by atoms with Crippen molar-refractivity contribution in [3.63, 3.8) is 0 Å². The van der Waals surface area contributed by atoms with E-state index in [0.29, 0.717) is 13.1 Å². The normalized spacial score (nSPS) is 18.1. The van der Waals surface area contributed by atoms with E-state index in [4.69, 9.17) is 5.11 Å². The van der Waals surface area contributed by atoms with Gasteiger partial charge in [0.25, 0.3) is 0 Å². The van der Waals surface area contributed by atoms with Crippen LogP contribution >= 0.6 is 11.3 Å². The summed E-state index contributed by atoms with van der Waals surface area (Å²) in [6.07, 6.45) is 0. The summed E-state index contributed by atoms with van der Waals surface area (Å²) in [5, 5.41) is 8.80. The predicted molar refractivity (Wildman–Crippen MR) is 69.4 cm³/mol. The first-order chi connectivity index (χ1) is 7.86. The van der Waals surface area contributed by atoms with Crippen molar-refractivity contribution in [2.45, 2.75) is 32.7 Å². The Bertz CT molecular complexity index is 413. The van der Waals surface area contributed by atoms with Gasteiger partial charge in [-0.15, -0.1) is 11.3 Å². The van der Waals surface area contributed by atoms with Crippen LogP contribution in [0.5, 0.6) is 0 Å². The molecule has 2 rings (SSSR count). The summed E-state index contributed by atoms with van der Waals surface area (Å²) in [6, 6.07) is 4.35. The highest BCUT2D eigenvalue weighted by molar-refractivity contribution is 7.12. The van der Waals surface area contributed by atoms with Crippen molar-refractivity contribution in [2.75, 3.05) is 13.1 Å². The second-order valence-electron chi connectivity index (χ2n) is 5.75. The van der Waals surface area contributed by atoms with Crippen LogP contribution in [0.25, 0.3) is 0 Å². The lowest BCUT2D eigenvalue weighted by molar-refractivity contribution is -0.147. The number of nitrogens with zero attached hydrogens (tertiary/aromatic N) is 1. The van der Waals surface area contributed by atoms with Gasteiger partial charge in [-0.1, -0.05) is 20.8 Å². The van der Waals surface area contributed by atoms with Gasteiger partial charge >= 0.3 is 5.97 Å². The number of aliphatic carboxylic acids is 1.